The normalized spacial score (nSPS) is 10.4. The number of benzene rings is 2. The van der Waals surface area contributed by atoms with E-state index in [1.54, 1.807) is 5.17 Å². The van der Waals surface area contributed by atoms with Crippen molar-refractivity contribution in [2.75, 3.05) is 0 Å². The smallest absolute Gasteiger partial charge is 0.0790 e. The van der Waals surface area contributed by atoms with Gasteiger partial charge in [-0.25, -0.2) is 0 Å². The summed E-state index contributed by atoms with van der Waals surface area (Å²) >= 11 is 0. The SMILES string of the molecule is CCCCCCC(C)=[Si](c1ccccc1)c1ccccc1. The van der Waals surface area contributed by atoms with E-state index in [4.69, 9.17) is 0 Å². The molecule has 0 nitrogen and oxygen atoms in total. The minimum Gasteiger partial charge on any atom is -0.0840 e. The van der Waals surface area contributed by atoms with Crippen LogP contribution in [0.4, 0.5) is 0 Å². The molecule has 21 heavy (non-hydrogen) atoms. The van der Waals surface area contributed by atoms with Crippen molar-refractivity contribution in [3.8, 4) is 0 Å². The Morgan fingerprint density at radius 1 is 0.762 bits per heavy atom. The first-order valence-corrected chi connectivity index (χ1v) is 9.63. The zero-order chi connectivity index (χ0) is 14.9. The zero-order valence-corrected chi connectivity index (χ0v) is 14.3. The van der Waals surface area contributed by atoms with E-state index in [0.717, 1.165) is 0 Å². The van der Waals surface area contributed by atoms with Crippen LogP contribution in [0.5, 0.6) is 0 Å². The summed E-state index contributed by atoms with van der Waals surface area (Å²) in [5.41, 5.74) is 0. The van der Waals surface area contributed by atoms with E-state index in [9.17, 15) is 0 Å². The minimum absolute atomic E-state index is 0.748. The fourth-order valence-corrected chi connectivity index (χ4v) is 5.61. The Morgan fingerprint density at radius 2 is 1.29 bits per heavy atom. The summed E-state index contributed by atoms with van der Waals surface area (Å²) in [5, 5.41) is 4.72. The maximum atomic E-state index is 2.38. The Hall–Kier alpha value is -1.47. The molecule has 0 aliphatic rings. The molecule has 2 aromatic carbocycles. The van der Waals surface area contributed by atoms with Crippen LogP contribution in [0.25, 0.3) is 0 Å². The van der Waals surface area contributed by atoms with Gasteiger partial charge in [0.05, 0.1) is 8.41 Å². The predicted octanol–water partition coefficient (Wildman–Crippen LogP) is 4.04. The van der Waals surface area contributed by atoms with Gasteiger partial charge in [-0.1, -0.05) is 92.0 Å². The fourth-order valence-electron chi connectivity index (χ4n) is 2.81. The van der Waals surface area contributed by atoms with Crippen LogP contribution < -0.4 is 10.4 Å². The Labute approximate surface area is 131 Å². The Bertz CT molecular complexity index is 513. The van der Waals surface area contributed by atoms with Crippen molar-refractivity contribution in [3.63, 3.8) is 0 Å². The van der Waals surface area contributed by atoms with Crippen molar-refractivity contribution in [2.24, 2.45) is 0 Å². The molecule has 0 radical (unpaired) electrons. The van der Waals surface area contributed by atoms with Gasteiger partial charge in [-0.15, -0.1) is 0 Å². The van der Waals surface area contributed by atoms with Crippen molar-refractivity contribution in [1.82, 2.24) is 0 Å². The molecule has 0 bridgehead atoms. The molecule has 0 saturated heterocycles. The highest BCUT2D eigenvalue weighted by Crippen LogP contribution is 2.04. The molecule has 2 rings (SSSR count). The number of hydrogen-bond acceptors (Lipinski definition) is 0. The maximum absolute atomic E-state index is 2.38. The lowest BCUT2D eigenvalue weighted by atomic mass is 10.1. The number of hydrogen-bond donors (Lipinski definition) is 0. The van der Waals surface area contributed by atoms with Crippen LogP contribution in [0.15, 0.2) is 60.7 Å². The molecule has 0 saturated carbocycles. The average molecular weight is 295 g/mol. The van der Waals surface area contributed by atoms with Crippen molar-refractivity contribution >= 4 is 24.0 Å². The summed E-state index contributed by atoms with van der Waals surface area (Å²) in [6.45, 7) is 4.65. The molecule has 0 aliphatic heterocycles. The predicted molar refractivity (Wildman–Crippen MR) is 97.3 cm³/mol. The first-order chi connectivity index (χ1) is 10.3. The monoisotopic (exact) mass is 294 g/mol. The molecule has 2 aromatic rings. The van der Waals surface area contributed by atoms with Crippen molar-refractivity contribution in [3.05, 3.63) is 60.7 Å². The quantitative estimate of drug-likeness (QED) is 0.534. The third-order valence-electron chi connectivity index (χ3n) is 3.96. The van der Waals surface area contributed by atoms with Gasteiger partial charge in [-0.2, -0.15) is 0 Å². The molecule has 0 aromatic heterocycles. The standard InChI is InChI=1S/C20H26Si/c1-3-4-5-8-13-18(2)21(19-14-9-6-10-15-19)20-16-11-7-12-17-20/h6-7,9-12,14-17H,3-5,8,13H2,1-2H3. The van der Waals surface area contributed by atoms with Crippen LogP contribution in [0.3, 0.4) is 0 Å². The summed E-state index contributed by atoms with van der Waals surface area (Å²) in [4.78, 5) is 0. The summed E-state index contributed by atoms with van der Waals surface area (Å²) in [6, 6.07) is 22.1. The Kier molecular flexibility index (Phi) is 6.62. The summed E-state index contributed by atoms with van der Waals surface area (Å²) in [5.74, 6) is 0. The van der Waals surface area contributed by atoms with E-state index in [2.05, 4.69) is 74.5 Å². The van der Waals surface area contributed by atoms with E-state index in [1.807, 2.05) is 0 Å². The van der Waals surface area contributed by atoms with Crippen LogP contribution in [0, 0.1) is 0 Å². The number of unbranched alkanes of at least 4 members (excludes halogenated alkanes) is 3. The van der Waals surface area contributed by atoms with Crippen LogP contribution in [0.1, 0.15) is 46.0 Å². The summed E-state index contributed by atoms with van der Waals surface area (Å²) in [6.07, 6.45) is 6.67. The van der Waals surface area contributed by atoms with Gasteiger partial charge in [0.25, 0.3) is 0 Å². The van der Waals surface area contributed by atoms with Gasteiger partial charge in [-0.05, 0) is 30.1 Å². The highest BCUT2D eigenvalue weighted by molar-refractivity contribution is 6.91. The second kappa shape index (κ2) is 8.73. The van der Waals surface area contributed by atoms with Gasteiger partial charge < -0.3 is 0 Å². The van der Waals surface area contributed by atoms with Gasteiger partial charge in [0.15, 0.2) is 0 Å². The molecular weight excluding hydrogens is 268 g/mol. The van der Waals surface area contributed by atoms with Crippen LogP contribution in [-0.2, 0) is 0 Å². The number of rotatable bonds is 7. The van der Waals surface area contributed by atoms with E-state index in [0.29, 0.717) is 0 Å². The highest BCUT2D eigenvalue weighted by atomic mass is 28.2. The molecule has 0 aliphatic carbocycles. The second-order valence-electron chi connectivity index (χ2n) is 5.70. The average Bonchev–Trinajstić information content (AvgIpc) is 2.54. The largest absolute Gasteiger partial charge is 0.0840 e. The lowest BCUT2D eigenvalue weighted by Crippen LogP contribution is -2.39. The van der Waals surface area contributed by atoms with E-state index >= 15 is 0 Å². The van der Waals surface area contributed by atoms with Crippen molar-refractivity contribution < 1.29 is 0 Å². The minimum atomic E-state index is -0.748. The van der Waals surface area contributed by atoms with Crippen LogP contribution in [0.2, 0.25) is 0 Å². The third kappa shape index (κ3) is 4.78. The topological polar surface area (TPSA) is 0 Å². The van der Waals surface area contributed by atoms with Gasteiger partial charge in [0, 0.05) is 0 Å². The molecule has 0 fully saturated rings. The highest BCUT2D eigenvalue weighted by Gasteiger charge is 2.09. The van der Waals surface area contributed by atoms with Gasteiger partial charge in [-0.3, -0.25) is 0 Å². The van der Waals surface area contributed by atoms with Gasteiger partial charge in [0.1, 0.15) is 0 Å². The molecule has 1 heteroatoms. The zero-order valence-electron chi connectivity index (χ0n) is 13.3. The Morgan fingerprint density at radius 3 is 1.76 bits per heavy atom. The summed E-state index contributed by atoms with van der Waals surface area (Å²) < 4.78 is 0. The van der Waals surface area contributed by atoms with E-state index in [-0.39, 0.29) is 0 Å². The molecule has 0 atom stereocenters. The second-order valence-corrected chi connectivity index (χ2v) is 8.46. The molecule has 110 valence electrons. The molecular formula is C20H26Si. The lowest BCUT2D eigenvalue weighted by Gasteiger charge is -2.12. The fraction of sp³-hybridized carbons (Fsp3) is 0.350. The third-order valence-corrected chi connectivity index (χ3v) is 6.88. The van der Waals surface area contributed by atoms with E-state index < -0.39 is 8.41 Å². The molecule has 0 N–H and O–H groups in total. The van der Waals surface area contributed by atoms with E-state index in [1.165, 1.54) is 42.5 Å². The Balaban J connectivity index is 2.28. The summed E-state index contributed by atoms with van der Waals surface area (Å²) in [7, 11) is -0.748. The van der Waals surface area contributed by atoms with Crippen LogP contribution in [-0.4, -0.2) is 13.6 Å². The first kappa shape index (κ1) is 15.9. The molecule has 0 unspecified atom stereocenters. The van der Waals surface area contributed by atoms with Gasteiger partial charge >= 0.3 is 0 Å². The van der Waals surface area contributed by atoms with Crippen LogP contribution >= 0.6 is 0 Å². The molecule has 0 spiro atoms. The maximum Gasteiger partial charge on any atom is 0.0790 e. The van der Waals surface area contributed by atoms with Crippen molar-refractivity contribution in [2.45, 2.75) is 46.0 Å². The molecule has 0 heterocycles. The lowest BCUT2D eigenvalue weighted by molar-refractivity contribution is 0.684. The van der Waals surface area contributed by atoms with Crippen molar-refractivity contribution in [1.29, 1.82) is 0 Å². The molecule has 0 amide bonds. The first-order valence-electron chi connectivity index (χ1n) is 8.13. The van der Waals surface area contributed by atoms with Gasteiger partial charge in [0.2, 0.25) is 0 Å².